The topological polar surface area (TPSA) is 35.8 Å². The highest BCUT2D eigenvalue weighted by molar-refractivity contribution is 5.87. The first kappa shape index (κ1) is 12.9. The van der Waals surface area contributed by atoms with E-state index in [1.165, 1.54) is 32.1 Å². The van der Waals surface area contributed by atoms with Gasteiger partial charge in [0.15, 0.2) is 0 Å². The van der Waals surface area contributed by atoms with E-state index in [0.717, 1.165) is 37.2 Å². The van der Waals surface area contributed by atoms with Crippen LogP contribution in [0, 0.1) is 11.8 Å². The fraction of sp³-hybridized carbons (Fsp3) is 0.929. The molecular formula is C14H26N2O. The van der Waals surface area contributed by atoms with E-state index in [1.54, 1.807) is 0 Å². The second-order valence-electron chi connectivity index (χ2n) is 5.83. The average molecular weight is 238 g/mol. The van der Waals surface area contributed by atoms with E-state index in [9.17, 15) is 0 Å². The molecule has 1 N–H and O–H groups in total. The predicted octanol–water partition coefficient (Wildman–Crippen LogP) is 3.13. The van der Waals surface area contributed by atoms with Gasteiger partial charge >= 0.3 is 0 Å². The second kappa shape index (κ2) is 5.85. The Balaban J connectivity index is 1.90. The van der Waals surface area contributed by atoms with Crippen LogP contribution in [0.2, 0.25) is 0 Å². The summed E-state index contributed by atoms with van der Waals surface area (Å²) in [6.07, 6.45) is 7.87. The number of hydrogen-bond donors (Lipinski definition) is 1. The van der Waals surface area contributed by atoms with Crippen molar-refractivity contribution in [3.05, 3.63) is 0 Å². The highest BCUT2D eigenvalue weighted by Crippen LogP contribution is 2.31. The van der Waals surface area contributed by atoms with Crippen molar-refractivity contribution in [2.24, 2.45) is 17.0 Å². The third-order valence-electron chi connectivity index (χ3n) is 4.71. The van der Waals surface area contributed by atoms with Gasteiger partial charge in [0.1, 0.15) is 0 Å². The molecule has 1 aliphatic heterocycles. The molecule has 0 bridgehead atoms. The Morgan fingerprint density at radius 1 is 1.41 bits per heavy atom. The van der Waals surface area contributed by atoms with Gasteiger partial charge in [-0.3, -0.25) is 4.90 Å². The Hall–Kier alpha value is -0.570. The number of oxime groups is 1. The number of rotatable bonds is 2. The smallest absolute Gasteiger partial charge is 0.0624 e. The molecule has 3 heteroatoms. The lowest BCUT2D eigenvalue weighted by Gasteiger charge is -2.41. The molecule has 0 aromatic rings. The van der Waals surface area contributed by atoms with Crippen LogP contribution < -0.4 is 0 Å². The van der Waals surface area contributed by atoms with Gasteiger partial charge in [0.2, 0.25) is 0 Å². The molecule has 98 valence electrons. The van der Waals surface area contributed by atoms with Gasteiger partial charge in [0, 0.05) is 31.5 Å². The lowest BCUT2D eigenvalue weighted by Crippen LogP contribution is -2.47. The maximum absolute atomic E-state index is 8.91. The van der Waals surface area contributed by atoms with Crippen molar-refractivity contribution in [2.45, 2.75) is 58.4 Å². The number of nitrogens with zero attached hydrogens (tertiary/aromatic N) is 2. The minimum atomic E-state index is 0.427. The van der Waals surface area contributed by atoms with Crippen LogP contribution in [-0.2, 0) is 0 Å². The lowest BCUT2D eigenvalue weighted by molar-refractivity contribution is 0.114. The first-order valence-electron chi connectivity index (χ1n) is 7.19. The standard InChI is InChI=1S/C14H26N2O/c1-3-12-5-4-6-13(9-12)16-8-7-14(15-17)11(2)10-16/h11-13,17H,3-10H2,1-2H3. The summed E-state index contributed by atoms with van der Waals surface area (Å²) in [5.74, 6) is 1.37. The van der Waals surface area contributed by atoms with E-state index >= 15 is 0 Å². The van der Waals surface area contributed by atoms with Crippen molar-refractivity contribution in [3.8, 4) is 0 Å². The van der Waals surface area contributed by atoms with Gasteiger partial charge in [-0.2, -0.15) is 0 Å². The molecule has 3 atom stereocenters. The van der Waals surface area contributed by atoms with E-state index in [0.29, 0.717) is 5.92 Å². The Morgan fingerprint density at radius 2 is 2.24 bits per heavy atom. The highest BCUT2D eigenvalue weighted by Gasteiger charge is 2.30. The third-order valence-corrected chi connectivity index (χ3v) is 4.71. The molecule has 1 aliphatic carbocycles. The Labute approximate surface area is 105 Å². The van der Waals surface area contributed by atoms with Gasteiger partial charge in [0.25, 0.3) is 0 Å². The largest absolute Gasteiger partial charge is 0.411 e. The molecule has 1 heterocycles. The van der Waals surface area contributed by atoms with Crippen LogP contribution in [0.4, 0.5) is 0 Å². The molecular weight excluding hydrogens is 212 g/mol. The maximum Gasteiger partial charge on any atom is 0.0624 e. The molecule has 0 aromatic heterocycles. The molecule has 2 fully saturated rings. The summed E-state index contributed by atoms with van der Waals surface area (Å²) in [5.41, 5.74) is 0.990. The molecule has 0 aromatic carbocycles. The molecule has 0 amide bonds. The Kier molecular flexibility index (Phi) is 4.43. The summed E-state index contributed by atoms with van der Waals surface area (Å²) in [6.45, 7) is 6.68. The Bertz CT molecular complexity index is 277. The predicted molar refractivity (Wildman–Crippen MR) is 70.6 cm³/mol. The maximum atomic E-state index is 8.91. The molecule has 2 aliphatic rings. The molecule has 2 rings (SSSR count). The number of likely N-dealkylation sites (tertiary alicyclic amines) is 1. The number of hydrogen-bond acceptors (Lipinski definition) is 3. The molecule has 0 spiro atoms. The third kappa shape index (κ3) is 3.01. The van der Waals surface area contributed by atoms with Crippen LogP contribution in [0.3, 0.4) is 0 Å². The van der Waals surface area contributed by atoms with Crippen molar-refractivity contribution >= 4 is 5.71 Å². The summed E-state index contributed by atoms with van der Waals surface area (Å²) in [5, 5.41) is 12.3. The number of piperidine rings is 1. The summed E-state index contributed by atoms with van der Waals surface area (Å²) >= 11 is 0. The first-order valence-corrected chi connectivity index (χ1v) is 7.19. The Morgan fingerprint density at radius 3 is 2.88 bits per heavy atom. The minimum Gasteiger partial charge on any atom is -0.411 e. The van der Waals surface area contributed by atoms with Crippen molar-refractivity contribution in [3.63, 3.8) is 0 Å². The quantitative estimate of drug-likeness (QED) is 0.592. The van der Waals surface area contributed by atoms with Crippen LogP contribution in [0.1, 0.15) is 52.4 Å². The van der Waals surface area contributed by atoms with Crippen LogP contribution in [-0.4, -0.2) is 35.0 Å². The van der Waals surface area contributed by atoms with E-state index in [1.807, 2.05) is 0 Å². The van der Waals surface area contributed by atoms with Gasteiger partial charge in [0.05, 0.1) is 5.71 Å². The van der Waals surface area contributed by atoms with E-state index in [-0.39, 0.29) is 0 Å². The highest BCUT2D eigenvalue weighted by atomic mass is 16.4. The summed E-state index contributed by atoms with van der Waals surface area (Å²) < 4.78 is 0. The fourth-order valence-corrected chi connectivity index (χ4v) is 3.50. The van der Waals surface area contributed by atoms with Crippen LogP contribution in [0.5, 0.6) is 0 Å². The normalized spacial score (nSPS) is 38.5. The summed E-state index contributed by atoms with van der Waals surface area (Å²) in [4.78, 5) is 2.64. The molecule has 3 nitrogen and oxygen atoms in total. The van der Waals surface area contributed by atoms with Gasteiger partial charge in [-0.25, -0.2) is 0 Å². The van der Waals surface area contributed by atoms with Crippen LogP contribution in [0.15, 0.2) is 5.16 Å². The lowest BCUT2D eigenvalue weighted by atomic mass is 9.82. The van der Waals surface area contributed by atoms with E-state index in [4.69, 9.17) is 5.21 Å². The van der Waals surface area contributed by atoms with E-state index < -0.39 is 0 Å². The molecule has 3 unspecified atom stereocenters. The van der Waals surface area contributed by atoms with Crippen molar-refractivity contribution in [1.29, 1.82) is 0 Å². The van der Waals surface area contributed by atoms with Crippen LogP contribution in [0.25, 0.3) is 0 Å². The average Bonchev–Trinajstić information content (AvgIpc) is 2.38. The van der Waals surface area contributed by atoms with E-state index in [2.05, 4.69) is 23.9 Å². The van der Waals surface area contributed by atoms with Crippen molar-refractivity contribution in [1.82, 2.24) is 4.90 Å². The van der Waals surface area contributed by atoms with Gasteiger partial charge in [-0.1, -0.05) is 38.3 Å². The fourth-order valence-electron chi connectivity index (χ4n) is 3.50. The van der Waals surface area contributed by atoms with Crippen molar-refractivity contribution < 1.29 is 5.21 Å². The summed E-state index contributed by atoms with van der Waals surface area (Å²) in [6, 6.07) is 0.788. The van der Waals surface area contributed by atoms with Crippen LogP contribution >= 0.6 is 0 Å². The SMILES string of the molecule is CCC1CCCC(N2CCC(=NO)C(C)C2)C1. The molecule has 1 saturated heterocycles. The molecule has 17 heavy (non-hydrogen) atoms. The monoisotopic (exact) mass is 238 g/mol. The zero-order valence-electron chi connectivity index (χ0n) is 11.2. The second-order valence-corrected chi connectivity index (χ2v) is 5.83. The van der Waals surface area contributed by atoms with Gasteiger partial charge in [-0.15, -0.1) is 0 Å². The molecule has 0 radical (unpaired) electrons. The van der Waals surface area contributed by atoms with Gasteiger partial charge in [-0.05, 0) is 18.8 Å². The zero-order valence-corrected chi connectivity index (χ0v) is 11.2. The summed E-state index contributed by atoms with van der Waals surface area (Å²) in [7, 11) is 0. The zero-order chi connectivity index (χ0) is 12.3. The molecule has 1 saturated carbocycles. The van der Waals surface area contributed by atoms with Gasteiger partial charge < -0.3 is 5.21 Å². The minimum absolute atomic E-state index is 0.427. The van der Waals surface area contributed by atoms with Crippen molar-refractivity contribution in [2.75, 3.05) is 13.1 Å². The first-order chi connectivity index (χ1) is 8.24.